The lowest BCUT2D eigenvalue weighted by Gasteiger charge is -2.00. The fraction of sp³-hybridized carbons (Fsp3) is 0.273. The van der Waals surface area contributed by atoms with Gasteiger partial charge in [0.2, 0.25) is 0 Å². The Kier molecular flexibility index (Phi) is 3.60. The van der Waals surface area contributed by atoms with Crippen molar-refractivity contribution in [3.8, 4) is 0 Å². The molecule has 0 radical (unpaired) electrons. The Morgan fingerprint density at radius 3 is 2.74 bits per heavy atom. The molecule has 0 saturated heterocycles. The molecule has 1 amide bonds. The maximum Gasteiger partial charge on any atom is 0.325 e. The second-order valence-corrected chi connectivity index (χ2v) is 4.03. The number of carboxylic acids is 1. The van der Waals surface area contributed by atoms with E-state index in [9.17, 15) is 9.59 Å². The fourth-order valence-electron chi connectivity index (χ4n) is 1.55. The van der Waals surface area contributed by atoms with E-state index in [2.05, 4.69) is 15.5 Å². The van der Waals surface area contributed by atoms with Crippen molar-refractivity contribution in [1.82, 2.24) is 24.9 Å². The molecule has 2 N–H and O–H groups in total. The van der Waals surface area contributed by atoms with Gasteiger partial charge in [0.05, 0.1) is 18.0 Å². The van der Waals surface area contributed by atoms with Crippen molar-refractivity contribution in [2.45, 2.75) is 13.1 Å². The van der Waals surface area contributed by atoms with E-state index < -0.39 is 5.97 Å². The number of nitrogens with zero attached hydrogens (tertiary/aromatic N) is 4. The molecule has 19 heavy (non-hydrogen) atoms. The van der Waals surface area contributed by atoms with Crippen LogP contribution in [0.3, 0.4) is 0 Å². The summed E-state index contributed by atoms with van der Waals surface area (Å²) < 4.78 is 2.84. The first-order valence-electron chi connectivity index (χ1n) is 5.54. The molecule has 2 aromatic rings. The molecule has 0 atom stereocenters. The summed E-state index contributed by atoms with van der Waals surface area (Å²) in [7, 11) is 1.79. The standard InChI is InChI=1S/C11H13N5O3/c1-15-5-8(3-13-15)2-12-11(19)9-4-14-16(6-9)7-10(17)18/h3-6H,2,7H2,1H3,(H,12,19)(H,17,18). The van der Waals surface area contributed by atoms with Crippen molar-refractivity contribution in [2.75, 3.05) is 0 Å². The second kappa shape index (κ2) is 5.34. The van der Waals surface area contributed by atoms with Gasteiger partial charge in [0.25, 0.3) is 5.91 Å². The number of rotatable bonds is 5. The summed E-state index contributed by atoms with van der Waals surface area (Å²) >= 11 is 0. The molecule has 0 spiro atoms. The maximum absolute atomic E-state index is 11.8. The van der Waals surface area contributed by atoms with Crippen LogP contribution in [-0.2, 0) is 24.9 Å². The minimum atomic E-state index is -1.01. The van der Waals surface area contributed by atoms with Gasteiger partial charge in [-0.15, -0.1) is 0 Å². The van der Waals surface area contributed by atoms with Gasteiger partial charge < -0.3 is 10.4 Å². The molecule has 0 aliphatic carbocycles. The monoisotopic (exact) mass is 263 g/mol. The first-order chi connectivity index (χ1) is 9.04. The summed E-state index contributed by atoms with van der Waals surface area (Å²) in [6.45, 7) is 0.0899. The van der Waals surface area contributed by atoms with Crippen molar-refractivity contribution in [3.05, 3.63) is 35.9 Å². The van der Waals surface area contributed by atoms with Crippen LogP contribution in [-0.4, -0.2) is 36.5 Å². The Morgan fingerprint density at radius 2 is 2.11 bits per heavy atom. The van der Waals surface area contributed by atoms with E-state index in [4.69, 9.17) is 5.11 Å². The van der Waals surface area contributed by atoms with Crippen molar-refractivity contribution >= 4 is 11.9 Å². The third-order valence-corrected chi connectivity index (χ3v) is 2.40. The van der Waals surface area contributed by atoms with E-state index >= 15 is 0 Å². The van der Waals surface area contributed by atoms with Crippen LogP contribution in [0, 0.1) is 0 Å². The number of aryl methyl sites for hydroxylation is 1. The summed E-state index contributed by atoms with van der Waals surface area (Å²) in [4.78, 5) is 22.3. The Balaban J connectivity index is 1.92. The molecule has 8 nitrogen and oxygen atoms in total. The number of hydrogen-bond acceptors (Lipinski definition) is 4. The number of aromatic nitrogens is 4. The van der Waals surface area contributed by atoms with Crippen LogP contribution in [0.4, 0.5) is 0 Å². The molecule has 0 bridgehead atoms. The highest BCUT2D eigenvalue weighted by Gasteiger charge is 2.10. The van der Waals surface area contributed by atoms with Gasteiger partial charge in [-0.3, -0.25) is 19.0 Å². The minimum Gasteiger partial charge on any atom is -0.480 e. The summed E-state index contributed by atoms with van der Waals surface area (Å²) in [6.07, 6.45) is 6.19. The highest BCUT2D eigenvalue weighted by atomic mass is 16.4. The largest absolute Gasteiger partial charge is 0.480 e. The molecule has 0 aliphatic heterocycles. The van der Waals surface area contributed by atoms with Crippen LogP contribution in [0.15, 0.2) is 24.8 Å². The molecule has 2 aromatic heterocycles. The number of carboxylic acid groups (broad SMARTS) is 1. The summed E-state index contributed by atoms with van der Waals surface area (Å²) in [5.74, 6) is -1.31. The Hall–Kier alpha value is -2.64. The van der Waals surface area contributed by atoms with E-state index in [1.165, 1.54) is 17.1 Å². The van der Waals surface area contributed by atoms with E-state index in [1.807, 2.05) is 0 Å². The molecule has 8 heteroatoms. The van der Waals surface area contributed by atoms with Gasteiger partial charge in [0.1, 0.15) is 6.54 Å². The zero-order chi connectivity index (χ0) is 13.8. The van der Waals surface area contributed by atoms with E-state index in [0.29, 0.717) is 12.1 Å². The molecule has 0 aliphatic rings. The maximum atomic E-state index is 11.8. The van der Waals surface area contributed by atoms with Crippen LogP contribution >= 0.6 is 0 Å². The quantitative estimate of drug-likeness (QED) is 0.766. The van der Waals surface area contributed by atoms with Crippen LogP contribution in [0.1, 0.15) is 15.9 Å². The third kappa shape index (κ3) is 3.41. The van der Waals surface area contributed by atoms with Crippen molar-refractivity contribution in [1.29, 1.82) is 0 Å². The second-order valence-electron chi connectivity index (χ2n) is 4.03. The lowest BCUT2D eigenvalue weighted by molar-refractivity contribution is -0.137. The Morgan fingerprint density at radius 1 is 1.32 bits per heavy atom. The lowest BCUT2D eigenvalue weighted by Crippen LogP contribution is -2.22. The Bertz CT molecular complexity index is 601. The van der Waals surface area contributed by atoms with Gasteiger partial charge in [0, 0.05) is 31.5 Å². The molecule has 0 saturated carbocycles. The Labute approximate surface area is 108 Å². The fourth-order valence-corrected chi connectivity index (χ4v) is 1.55. The smallest absolute Gasteiger partial charge is 0.325 e. The number of amides is 1. The van der Waals surface area contributed by atoms with E-state index in [-0.39, 0.29) is 12.5 Å². The van der Waals surface area contributed by atoms with Gasteiger partial charge in [-0.2, -0.15) is 10.2 Å². The summed E-state index contributed by atoms with van der Waals surface area (Å²) in [5, 5.41) is 19.1. The molecule has 0 unspecified atom stereocenters. The molecule has 2 heterocycles. The van der Waals surface area contributed by atoms with E-state index in [1.54, 1.807) is 24.1 Å². The van der Waals surface area contributed by atoms with Crippen LogP contribution in [0.2, 0.25) is 0 Å². The lowest BCUT2D eigenvalue weighted by atomic mass is 10.3. The van der Waals surface area contributed by atoms with Gasteiger partial charge in [-0.1, -0.05) is 0 Å². The summed E-state index contributed by atoms with van der Waals surface area (Å²) in [5.41, 5.74) is 1.21. The number of carbonyl (C=O) groups excluding carboxylic acids is 1. The normalized spacial score (nSPS) is 10.4. The number of aliphatic carboxylic acids is 1. The first-order valence-corrected chi connectivity index (χ1v) is 5.54. The average molecular weight is 263 g/mol. The zero-order valence-electron chi connectivity index (χ0n) is 10.3. The number of hydrogen-bond donors (Lipinski definition) is 2. The SMILES string of the molecule is Cn1cc(CNC(=O)c2cnn(CC(=O)O)c2)cn1. The van der Waals surface area contributed by atoms with Gasteiger partial charge in [0.15, 0.2) is 0 Å². The minimum absolute atomic E-state index is 0.268. The van der Waals surface area contributed by atoms with Crippen molar-refractivity contribution in [2.24, 2.45) is 7.05 Å². The number of carbonyl (C=O) groups is 2. The van der Waals surface area contributed by atoms with Gasteiger partial charge >= 0.3 is 5.97 Å². The molecule has 0 aromatic carbocycles. The predicted molar refractivity (Wildman–Crippen MR) is 64.2 cm³/mol. The van der Waals surface area contributed by atoms with Gasteiger partial charge in [-0.05, 0) is 0 Å². The molecular weight excluding hydrogens is 250 g/mol. The molecule has 0 fully saturated rings. The topological polar surface area (TPSA) is 102 Å². The predicted octanol–water partition coefficient (Wildman–Crippen LogP) is -0.369. The highest BCUT2D eigenvalue weighted by Crippen LogP contribution is 2.00. The first kappa shape index (κ1) is 12.8. The summed E-state index contributed by atoms with van der Waals surface area (Å²) in [6, 6.07) is 0. The van der Waals surface area contributed by atoms with Gasteiger partial charge in [-0.25, -0.2) is 0 Å². The van der Waals surface area contributed by atoms with Crippen molar-refractivity contribution in [3.63, 3.8) is 0 Å². The third-order valence-electron chi connectivity index (χ3n) is 2.40. The van der Waals surface area contributed by atoms with E-state index in [0.717, 1.165) is 5.56 Å². The average Bonchev–Trinajstić information content (AvgIpc) is 2.95. The molecule has 2 rings (SSSR count). The van der Waals surface area contributed by atoms with Crippen LogP contribution in [0.5, 0.6) is 0 Å². The van der Waals surface area contributed by atoms with Crippen LogP contribution in [0.25, 0.3) is 0 Å². The molecular formula is C11H13N5O3. The van der Waals surface area contributed by atoms with Crippen molar-refractivity contribution < 1.29 is 14.7 Å². The molecule has 100 valence electrons. The highest BCUT2D eigenvalue weighted by molar-refractivity contribution is 5.93. The zero-order valence-corrected chi connectivity index (χ0v) is 10.3. The van der Waals surface area contributed by atoms with Crippen LogP contribution < -0.4 is 5.32 Å². The number of nitrogens with one attached hydrogen (secondary N) is 1.